The molecule has 0 radical (unpaired) electrons. The van der Waals surface area contributed by atoms with Crippen molar-refractivity contribution in [3.05, 3.63) is 17.3 Å². The molecule has 2 aliphatic rings. The molecule has 3 N–H and O–H groups in total. The molecule has 1 spiro atoms. The van der Waals surface area contributed by atoms with Crippen LogP contribution < -0.4 is 10.6 Å². The zero-order valence-electron chi connectivity index (χ0n) is 15.8. The minimum Gasteiger partial charge on any atom is -0.492 e. The molecule has 0 saturated heterocycles. The lowest BCUT2D eigenvalue weighted by Crippen LogP contribution is -2.58. The van der Waals surface area contributed by atoms with Crippen LogP contribution in [0.2, 0.25) is 5.02 Å². The van der Waals surface area contributed by atoms with Gasteiger partial charge < -0.3 is 20.5 Å². The lowest BCUT2D eigenvalue weighted by Gasteiger charge is -2.57. The molecule has 0 atom stereocenters. The summed E-state index contributed by atoms with van der Waals surface area (Å²) in [5.41, 5.74) is -0.108. The van der Waals surface area contributed by atoms with E-state index in [0.717, 1.165) is 32.1 Å². The largest absolute Gasteiger partial charge is 0.492 e. The molecule has 2 amide bonds. The van der Waals surface area contributed by atoms with Gasteiger partial charge in [-0.3, -0.25) is 4.79 Å². The Hall–Kier alpha value is -2.02. The maximum atomic E-state index is 12.4. The monoisotopic (exact) mass is 395 g/mol. The average Bonchev–Trinajstić information content (AvgIpc) is 2.51. The highest BCUT2D eigenvalue weighted by molar-refractivity contribution is 6.30. The first-order chi connectivity index (χ1) is 12.6. The van der Waals surface area contributed by atoms with Crippen molar-refractivity contribution in [2.45, 2.75) is 64.5 Å². The molecule has 3 rings (SSSR count). The van der Waals surface area contributed by atoms with Crippen molar-refractivity contribution in [1.82, 2.24) is 10.3 Å². The number of halogens is 1. The Kier molecular flexibility index (Phi) is 5.25. The predicted octanol–water partition coefficient (Wildman–Crippen LogP) is 3.85. The van der Waals surface area contributed by atoms with Gasteiger partial charge in [0.2, 0.25) is 11.8 Å². The highest BCUT2D eigenvalue weighted by Crippen LogP contribution is 2.59. The third-order valence-electron chi connectivity index (χ3n) is 5.72. The topological polar surface area (TPSA) is 101 Å². The van der Waals surface area contributed by atoms with Gasteiger partial charge in [0.1, 0.15) is 11.3 Å². The molecule has 0 aromatic carbocycles. The normalized spacial score (nSPS) is 26.7. The number of pyridine rings is 1. The van der Waals surface area contributed by atoms with E-state index in [-0.39, 0.29) is 40.9 Å². The van der Waals surface area contributed by atoms with Gasteiger partial charge in [-0.2, -0.15) is 0 Å². The quantitative estimate of drug-likeness (QED) is 0.702. The number of ether oxygens (including phenoxy) is 1. The van der Waals surface area contributed by atoms with Gasteiger partial charge in [-0.05, 0) is 57.4 Å². The summed E-state index contributed by atoms with van der Waals surface area (Å²) < 4.78 is 5.41. The minimum absolute atomic E-state index is 0.102. The van der Waals surface area contributed by atoms with Crippen LogP contribution in [0.4, 0.5) is 10.5 Å². The SMILES string of the molecule is CCC(C)(C)OC(=O)NC1CC2(C1)CC(C(=O)Nc1cc(Cl)cnc1O)C2. The fraction of sp³-hybridized carbons (Fsp3) is 0.632. The summed E-state index contributed by atoms with van der Waals surface area (Å²) >= 11 is 5.84. The molecule has 8 heteroatoms. The smallest absolute Gasteiger partial charge is 0.407 e. The van der Waals surface area contributed by atoms with Gasteiger partial charge in [0.25, 0.3) is 0 Å². The number of hydrogen-bond acceptors (Lipinski definition) is 5. The fourth-order valence-electron chi connectivity index (χ4n) is 3.87. The zero-order valence-corrected chi connectivity index (χ0v) is 16.6. The van der Waals surface area contributed by atoms with E-state index in [2.05, 4.69) is 15.6 Å². The Morgan fingerprint density at radius 1 is 1.37 bits per heavy atom. The summed E-state index contributed by atoms with van der Waals surface area (Å²) in [5.74, 6) is -0.487. The average molecular weight is 396 g/mol. The molecule has 2 saturated carbocycles. The number of carbonyl (C=O) groups excluding carboxylic acids is 2. The number of aromatic nitrogens is 1. The maximum absolute atomic E-state index is 12.4. The highest BCUT2D eigenvalue weighted by atomic mass is 35.5. The van der Waals surface area contributed by atoms with Crippen LogP contribution in [0, 0.1) is 11.3 Å². The fourth-order valence-corrected chi connectivity index (χ4v) is 4.03. The molecule has 1 aromatic rings. The number of aromatic hydroxyl groups is 1. The molecule has 0 unspecified atom stereocenters. The van der Waals surface area contributed by atoms with E-state index in [0.29, 0.717) is 5.02 Å². The first kappa shape index (κ1) is 19.7. The Morgan fingerprint density at radius 3 is 2.67 bits per heavy atom. The summed E-state index contributed by atoms with van der Waals surface area (Å²) in [6.07, 6.45) is 4.98. The van der Waals surface area contributed by atoms with Gasteiger partial charge in [0, 0.05) is 18.2 Å². The van der Waals surface area contributed by atoms with E-state index >= 15 is 0 Å². The van der Waals surface area contributed by atoms with E-state index in [4.69, 9.17) is 16.3 Å². The molecule has 1 aromatic heterocycles. The van der Waals surface area contributed by atoms with Crippen LogP contribution in [0.25, 0.3) is 0 Å². The number of nitrogens with zero attached hydrogens (tertiary/aromatic N) is 1. The van der Waals surface area contributed by atoms with E-state index < -0.39 is 5.60 Å². The Balaban J connectivity index is 1.42. The van der Waals surface area contributed by atoms with E-state index in [1.54, 1.807) is 0 Å². The van der Waals surface area contributed by atoms with E-state index in [9.17, 15) is 14.7 Å². The van der Waals surface area contributed by atoms with E-state index in [1.165, 1.54) is 12.3 Å². The lowest BCUT2D eigenvalue weighted by molar-refractivity contribution is -0.133. The summed E-state index contributed by atoms with van der Waals surface area (Å²) in [6.45, 7) is 5.75. The number of hydrogen-bond donors (Lipinski definition) is 3. The maximum Gasteiger partial charge on any atom is 0.407 e. The molecule has 7 nitrogen and oxygen atoms in total. The summed E-state index contributed by atoms with van der Waals surface area (Å²) in [5, 5.41) is 15.6. The second-order valence-electron chi connectivity index (χ2n) is 8.37. The third-order valence-corrected chi connectivity index (χ3v) is 5.93. The van der Waals surface area contributed by atoms with Crippen LogP contribution >= 0.6 is 11.6 Å². The van der Waals surface area contributed by atoms with Gasteiger partial charge in [-0.25, -0.2) is 9.78 Å². The Labute approximate surface area is 163 Å². The van der Waals surface area contributed by atoms with Crippen molar-refractivity contribution < 1.29 is 19.4 Å². The molecular formula is C19H26ClN3O4. The van der Waals surface area contributed by atoms with Gasteiger partial charge >= 0.3 is 6.09 Å². The van der Waals surface area contributed by atoms with Crippen molar-refractivity contribution in [3.63, 3.8) is 0 Å². The predicted molar refractivity (Wildman–Crippen MR) is 102 cm³/mol. The number of rotatable bonds is 5. The molecule has 2 aliphatic carbocycles. The Bertz CT molecular complexity index is 738. The molecular weight excluding hydrogens is 370 g/mol. The van der Waals surface area contributed by atoms with Crippen molar-refractivity contribution >= 4 is 29.3 Å². The van der Waals surface area contributed by atoms with Crippen molar-refractivity contribution in [3.8, 4) is 5.88 Å². The zero-order chi connectivity index (χ0) is 19.8. The van der Waals surface area contributed by atoms with Crippen LogP contribution in [0.1, 0.15) is 52.9 Å². The van der Waals surface area contributed by atoms with Crippen LogP contribution in [0.15, 0.2) is 12.3 Å². The van der Waals surface area contributed by atoms with Crippen LogP contribution in [-0.4, -0.2) is 33.7 Å². The molecule has 27 heavy (non-hydrogen) atoms. The van der Waals surface area contributed by atoms with Gasteiger partial charge in [0.05, 0.1) is 5.02 Å². The first-order valence-electron chi connectivity index (χ1n) is 9.26. The number of alkyl carbamates (subject to hydrolysis) is 1. The Morgan fingerprint density at radius 2 is 2.04 bits per heavy atom. The second-order valence-corrected chi connectivity index (χ2v) is 8.81. The summed E-state index contributed by atoms with van der Waals surface area (Å²) in [4.78, 5) is 28.0. The molecule has 2 fully saturated rings. The number of nitrogens with one attached hydrogen (secondary N) is 2. The second kappa shape index (κ2) is 7.19. The summed E-state index contributed by atoms with van der Waals surface area (Å²) in [7, 11) is 0. The van der Waals surface area contributed by atoms with Gasteiger partial charge in [-0.15, -0.1) is 0 Å². The lowest BCUT2D eigenvalue weighted by atomic mass is 9.50. The molecule has 0 bridgehead atoms. The first-order valence-corrected chi connectivity index (χ1v) is 9.64. The molecule has 1 heterocycles. The van der Waals surface area contributed by atoms with Crippen LogP contribution in [-0.2, 0) is 9.53 Å². The van der Waals surface area contributed by atoms with Gasteiger partial charge in [-0.1, -0.05) is 18.5 Å². The van der Waals surface area contributed by atoms with Gasteiger partial charge in [0.15, 0.2) is 0 Å². The standard InChI is InChI=1S/C19H26ClN3O4/c1-4-18(2,3)27-17(26)22-13-8-19(9-13)6-11(7-19)15(24)23-14-5-12(20)10-21-16(14)25/h5,10-11,13H,4,6-9H2,1-3H3,(H,21,25)(H,22,26)(H,23,24). The third kappa shape index (κ3) is 4.46. The van der Waals surface area contributed by atoms with Crippen molar-refractivity contribution in [2.75, 3.05) is 5.32 Å². The van der Waals surface area contributed by atoms with Crippen LogP contribution in [0.5, 0.6) is 5.88 Å². The number of amides is 2. The van der Waals surface area contributed by atoms with Crippen molar-refractivity contribution in [1.29, 1.82) is 0 Å². The molecule has 148 valence electrons. The summed E-state index contributed by atoms with van der Waals surface area (Å²) in [6, 6.07) is 1.58. The van der Waals surface area contributed by atoms with Crippen molar-refractivity contribution in [2.24, 2.45) is 11.3 Å². The number of carbonyl (C=O) groups is 2. The van der Waals surface area contributed by atoms with E-state index in [1.807, 2.05) is 20.8 Å². The number of anilines is 1. The highest BCUT2D eigenvalue weighted by Gasteiger charge is 2.55. The molecule has 0 aliphatic heterocycles. The minimum atomic E-state index is -0.466. The van der Waals surface area contributed by atoms with Crippen LogP contribution in [0.3, 0.4) is 0 Å².